The third-order valence-electron chi connectivity index (χ3n) is 3.32. The molecule has 0 spiro atoms. The van der Waals surface area contributed by atoms with Gasteiger partial charge in [-0.25, -0.2) is 16.8 Å². The zero-order chi connectivity index (χ0) is 16.1. The van der Waals surface area contributed by atoms with Crippen molar-refractivity contribution in [3.63, 3.8) is 0 Å². The first-order chi connectivity index (χ1) is 10.2. The molecule has 0 bridgehead atoms. The predicted molar refractivity (Wildman–Crippen MR) is 83.1 cm³/mol. The van der Waals surface area contributed by atoms with Crippen LogP contribution in [-0.4, -0.2) is 49.0 Å². The SMILES string of the molecule is O=S(=O)([O-])c1ccc2cc3ccccc3cc2c1S(=O)(=O)[O-].[Mg+2]. The van der Waals surface area contributed by atoms with Crippen LogP contribution in [0, 0.1) is 0 Å². The summed E-state index contributed by atoms with van der Waals surface area (Å²) < 4.78 is 68.2. The molecule has 9 heteroatoms. The monoisotopic (exact) mass is 360 g/mol. The van der Waals surface area contributed by atoms with Gasteiger partial charge in [0.2, 0.25) is 0 Å². The smallest absolute Gasteiger partial charge is 0.744 e. The van der Waals surface area contributed by atoms with Crippen molar-refractivity contribution in [2.75, 3.05) is 0 Å². The van der Waals surface area contributed by atoms with E-state index in [9.17, 15) is 25.9 Å². The third-order valence-corrected chi connectivity index (χ3v) is 5.27. The first-order valence-corrected chi connectivity index (χ1v) is 8.87. The van der Waals surface area contributed by atoms with Crippen molar-refractivity contribution in [3.8, 4) is 0 Å². The van der Waals surface area contributed by atoms with Gasteiger partial charge in [-0.1, -0.05) is 30.3 Å². The van der Waals surface area contributed by atoms with Gasteiger partial charge < -0.3 is 9.11 Å². The van der Waals surface area contributed by atoms with Crippen LogP contribution in [0.5, 0.6) is 0 Å². The molecule has 0 saturated heterocycles. The first kappa shape index (κ1) is 18.1. The third kappa shape index (κ3) is 3.34. The molecule has 0 atom stereocenters. The minimum absolute atomic E-state index is 0. The van der Waals surface area contributed by atoms with Gasteiger partial charge in [-0.2, -0.15) is 0 Å². The van der Waals surface area contributed by atoms with Crippen LogP contribution in [0.25, 0.3) is 21.5 Å². The van der Waals surface area contributed by atoms with Crippen LogP contribution in [0.15, 0.2) is 58.3 Å². The molecule has 0 heterocycles. The Morgan fingerprint density at radius 3 is 1.78 bits per heavy atom. The van der Waals surface area contributed by atoms with Crippen LogP contribution in [0.3, 0.4) is 0 Å². The number of fused-ring (bicyclic) bond motifs is 2. The fourth-order valence-corrected chi connectivity index (χ4v) is 4.37. The Hall–Kier alpha value is -1.23. The van der Waals surface area contributed by atoms with E-state index in [4.69, 9.17) is 0 Å². The van der Waals surface area contributed by atoms with Crippen LogP contribution < -0.4 is 0 Å². The Kier molecular flexibility index (Phi) is 4.73. The second-order valence-electron chi connectivity index (χ2n) is 4.72. The van der Waals surface area contributed by atoms with Gasteiger partial charge in [-0.15, -0.1) is 0 Å². The maximum Gasteiger partial charge on any atom is 2.00 e. The molecule has 0 unspecified atom stereocenters. The van der Waals surface area contributed by atoms with E-state index < -0.39 is 30.0 Å². The molecule has 0 aliphatic carbocycles. The van der Waals surface area contributed by atoms with E-state index in [-0.39, 0.29) is 28.4 Å². The second kappa shape index (κ2) is 6.00. The average Bonchev–Trinajstić information content (AvgIpc) is 2.41. The van der Waals surface area contributed by atoms with Crippen molar-refractivity contribution >= 4 is 64.8 Å². The van der Waals surface area contributed by atoms with Crippen molar-refractivity contribution < 1.29 is 25.9 Å². The molecule has 0 N–H and O–H groups in total. The summed E-state index contributed by atoms with van der Waals surface area (Å²) in [4.78, 5) is -2.02. The van der Waals surface area contributed by atoms with Crippen LogP contribution in [0.4, 0.5) is 0 Å². The van der Waals surface area contributed by atoms with Crippen LogP contribution in [0.2, 0.25) is 0 Å². The van der Waals surface area contributed by atoms with Crippen molar-refractivity contribution in [1.82, 2.24) is 0 Å². The molecular formula is C14H8MgO6S2. The fraction of sp³-hybridized carbons (Fsp3) is 0. The Morgan fingerprint density at radius 1 is 0.696 bits per heavy atom. The molecule has 3 aromatic rings. The number of hydrogen-bond acceptors (Lipinski definition) is 6. The molecule has 3 rings (SSSR count). The van der Waals surface area contributed by atoms with E-state index in [1.54, 1.807) is 30.3 Å². The van der Waals surface area contributed by atoms with Crippen molar-refractivity contribution in [2.24, 2.45) is 0 Å². The van der Waals surface area contributed by atoms with E-state index in [1.165, 1.54) is 12.1 Å². The van der Waals surface area contributed by atoms with Gasteiger partial charge in [-0.3, -0.25) is 0 Å². The molecule has 0 aliphatic rings. The van der Waals surface area contributed by atoms with Crippen molar-refractivity contribution in [1.29, 1.82) is 0 Å². The van der Waals surface area contributed by atoms with Crippen LogP contribution in [0.1, 0.15) is 0 Å². The number of hydrogen-bond donors (Lipinski definition) is 0. The summed E-state index contributed by atoms with van der Waals surface area (Å²) in [5.74, 6) is 0. The van der Waals surface area contributed by atoms with Crippen molar-refractivity contribution in [2.45, 2.75) is 9.79 Å². The van der Waals surface area contributed by atoms with E-state index in [0.29, 0.717) is 10.8 Å². The zero-order valence-corrected chi connectivity index (χ0v) is 14.6. The molecule has 0 aliphatic heterocycles. The first-order valence-electron chi connectivity index (χ1n) is 6.05. The summed E-state index contributed by atoms with van der Waals surface area (Å²) >= 11 is 0. The quantitative estimate of drug-likeness (QED) is 0.388. The molecular weight excluding hydrogens is 353 g/mol. The molecule has 0 amide bonds. The molecule has 0 aromatic heterocycles. The minimum Gasteiger partial charge on any atom is -0.744 e. The summed E-state index contributed by atoms with van der Waals surface area (Å²) in [5.41, 5.74) is 0. The molecule has 6 nitrogen and oxygen atoms in total. The molecule has 0 radical (unpaired) electrons. The Bertz CT molecular complexity index is 1120. The van der Waals surface area contributed by atoms with Crippen LogP contribution >= 0.6 is 0 Å². The second-order valence-corrected chi connectivity index (χ2v) is 7.39. The molecule has 0 fully saturated rings. The fourth-order valence-electron chi connectivity index (χ4n) is 2.42. The van der Waals surface area contributed by atoms with Gasteiger partial charge in [0.05, 0.1) is 9.79 Å². The average molecular weight is 361 g/mol. The van der Waals surface area contributed by atoms with E-state index in [2.05, 4.69) is 0 Å². The minimum atomic E-state index is -5.14. The van der Waals surface area contributed by atoms with Crippen LogP contribution in [-0.2, 0) is 20.2 Å². The largest absolute Gasteiger partial charge is 2.00 e. The molecule has 114 valence electrons. The summed E-state index contributed by atoms with van der Waals surface area (Å²) in [6.07, 6.45) is 0. The van der Waals surface area contributed by atoms with Gasteiger partial charge in [0, 0.05) is 5.39 Å². The van der Waals surface area contributed by atoms with Gasteiger partial charge in [0.25, 0.3) is 0 Å². The maximum atomic E-state index is 11.5. The normalized spacial score (nSPS) is 12.3. The Balaban J connectivity index is 0.00000192. The van der Waals surface area contributed by atoms with Gasteiger partial charge >= 0.3 is 23.1 Å². The zero-order valence-electron chi connectivity index (χ0n) is 11.6. The van der Waals surface area contributed by atoms with Gasteiger partial charge in [-0.05, 0) is 34.4 Å². The Labute approximate surface area is 148 Å². The maximum absolute atomic E-state index is 11.5. The van der Waals surface area contributed by atoms with E-state index >= 15 is 0 Å². The van der Waals surface area contributed by atoms with Crippen molar-refractivity contribution in [3.05, 3.63) is 48.5 Å². The summed E-state index contributed by atoms with van der Waals surface area (Å²) in [6, 6.07) is 12.2. The Morgan fingerprint density at radius 2 is 1.26 bits per heavy atom. The summed E-state index contributed by atoms with van der Waals surface area (Å²) in [6.45, 7) is 0. The summed E-state index contributed by atoms with van der Waals surface area (Å²) in [7, 11) is -10.2. The van der Waals surface area contributed by atoms with Gasteiger partial charge in [0.15, 0.2) is 0 Å². The van der Waals surface area contributed by atoms with E-state index in [0.717, 1.165) is 11.5 Å². The molecule has 23 heavy (non-hydrogen) atoms. The van der Waals surface area contributed by atoms with Gasteiger partial charge in [0.1, 0.15) is 20.2 Å². The predicted octanol–water partition coefficient (Wildman–Crippen LogP) is 1.42. The standard InChI is InChI=1S/C14H10O6S2.Mg/c15-21(16,17)13-6-5-11-7-9-3-1-2-4-10(9)8-12(11)14(13)22(18,19)20;/h1-8H,(H,15,16,17)(H,18,19,20);/q;+2/p-2. The topological polar surface area (TPSA) is 114 Å². The number of benzene rings is 3. The molecule has 0 saturated carbocycles. The summed E-state index contributed by atoms with van der Waals surface area (Å²) in [5, 5.41) is 1.70. The molecule has 3 aromatic carbocycles. The number of rotatable bonds is 2. The van der Waals surface area contributed by atoms with E-state index in [1.807, 2.05) is 0 Å².